The van der Waals surface area contributed by atoms with Gasteiger partial charge in [0.05, 0.1) is 11.5 Å². The van der Waals surface area contributed by atoms with Crippen molar-refractivity contribution in [2.24, 2.45) is 0 Å². The average Bonchev–Trinajstić information content (AvgIpc) is 2.38. The molecule has 18 heavy (non-hydrogen) atoms. The van der Waals surface area contributed by atoms with Gasteiger partial charge in [-0.15, -0.1) is 0 Å². The van der Waals surface area contributed by atoms with E-state index in [2.05, 4.69) is 22.6 Å². The van der Waals surface area contributed by atoms with Crippen LogP contribution in [0.15, 0.2) is 53.4 Å². The van der Waals surface area contributed by atoms with Gasteiger partial charge in [-0.2, -0.15) is 0 Å². The minimum absolute atomic E-state index is 0.361. The van der Waals surface area contributed by atoms with Crippen LogP contribution in [-0.2, 0) is 21.9 Å². The predicted octanol–water partition coefficient (Wildman–Crippen LogP) is 3.84. The van der Waals surface area contributed by atoms with E-state index >= 15 is 0 Å². The van der Waals surface area contributed by atoms with Gasteiger partial charge in [0.25, 0.3) is 0 Å². The van der Waals surface area contributed by atoms with Crippen LogP contribution in [-0.4, -0.2) is 4.21 Å². The number of hydrogen-bond donors (Lipinski definition) is 0. The maximum atomic E-state index is 11.9. The summed E-state index contributed by atoms with van der Waals surface area (Å²) in [5, 5.41) is 0. The molecule has 0 saturated carbocycles. The molecule has 0 radical (unpaired) electrons. The molecule has 2 aromatic rings. The first-order valence-corrected chi connectivity index (χ1v) is 7.67. The van der Waals surface area contributed by atoms with Crippen LogP contribution in [0.4, 0.5) is 0 Å². The molecule has 0 aliphatic heterocycles. The normalized spacial score (nSPS) is 12.3. The molecule has 0 heterocycles. The highest BCUT2D eigenvalue weighted by atomic mass is 127. The molecule has 1 unspecified atom stereocenters. The van der Waals surface area contributed by atoms with Crippen molar-refractivity contribution in [1.82, 2.24) is 0 Å². The van der Waals surface area contributed by atoms with Gasteiger partial charge in [-0.25, -0.2) is 4.21 Å². The van der Waals surface area contributed by atoms with Crippen LogP contribution in [0.5, 0.6) is 0 Å². The first-order chi connectivity index (χ1) is 8.66. The summed E-state index contributed by atoms with van der Waals surface area (Å²) in [4.78, 5) is 0.700. The predicted molar refractivity (Wildman–Crippen MR) is 81.5 cm³/mol. The molecule has 2 nitrogen and oxygen atoms in total. The molecule has 0 aliphatic carbocycles. The van der Waals surface area contributed by atoms with Gasteiger partial charge >= 0.3 is 0 Å². The molecule has 2 rings (SSSR count). The third-order valence-electron chi connectivity index (χ3n) is 2.49. The lowest BCUT2D eigenvalue weighted by Crippen LogP contribution is -2.00. The van der Waals surface area contributed by atoms with Gasteiger partial charge in [0, 0.05) is 3.57 Å². The fourth-order valence-corrected chi connectivity index (χ4v) is 2.72. The second-order valence-electron chi connectivity index (χ2n) is 3.90. The van der Waals surface area contributed by atoms with Gasteiger partial charge in [0.15, 0.2) is 11.1 Å². The number of halogens is 1. The molecule has 1 atom stereocenters. The topological polar surface area (TPSA) is 26.3 Å². The summed E-state index contributed by atoms with van der Waals surface area (Å²) in [5.74, 6) is 0. The Labute approximate surface area is 123 Å². The zero-order valence-corrected chi connectivity index (χ0v) is 12.9. The summed E-state index contributed by atoms with van der Waals surface area (Å²) < 4.78 is 18.5. The molecular weight excluding hydrogens is 359 g/mol. The van der Waals surface area contributed by atoms with Gasteiger partial charge in [0.2, 0.25) is 0 Å². The number of rotatable bonds is 4. The zero-order valence-electron chi connectivity index (χ0n) is 9.93. The lowest BCUT2D eigenvalue weighted by atomic mass is 10.2. The highest BCUT2D eigenvalue weighted by molar-refractivity contribution is 14.1. The highest BCUT2D eigenvalue weighted by Crippen LogP contribution is 2.15. The second-order valence-corrected chi connectivity index (χ2v) is 6.24. The summed E-state index contributed by atoms with van der Waals surface area (Å²) >= 11 is 0.843. The molecule has 0 aromatic heterocycles. The molecular formula is C14H13IO2S. The smallest absolute Gasteiger partial charge is 0.189 e. The minimum Gasteiger partial charge on any atom is -0.282 e. The van der Waals surface area contributed by atoms with E-state index in [4.69, 9.17) is 4.18 Å². The van der Waals surface area contributed by atoms with Crippen molar-refractivity contribution in [2.75, 3.05) is 0 Å². The van der Waals surface area contributed by atoms with E-state index in [1.54, 1.807) is 0 Å². The molecule has 0 bridgehead atoms. The quantitative estimate of drug-likeness (QED) is 0.763. The van der Waals surface area contributed by atoms with Crippen molar-refractivity contribution in [3.8, 4) is 0 Å². The summed E-state index contributed by atoms with van der Waals surface area (Å²) in [6.45, 7) is 2.36. The Morgan fingerprint density at radius 1 is 1.11 bits per heavy atom. The van der Waals surface area contributed by atoms with E-state index in [0.717, 1.165) is 14.7 Å². The minimum atomic E-state index is -1.40. The van der Waals surface area contributed by atoms with E-state index in [9.17, 15) is 4.21 Å². The van der Waals surface area contributed by atoms with Crippen LogP contribution in [0.25, 0.3) is 0 Å². The van der Waals surface area contributed by atoms with Crippen molar-refractivity contribution in [3.05, 3.63) is 63.2 Å². The van der Waals surface area contributed by atoms with E-state index in [1.807, 2.05) is 55.5 Å². The fourth-order valence-electron chi connectivity index (χ4n) is 1.45. The Balaban J connectivity index is 2.01. The van der Waals surface area contributed by atoms with Crippen LogP contribution >= 0.6 is 22.6 Å². The van der Waals surface area contributed by atoms with Crippen LogP contribution in [0, 0.1) is 10.5 Å². The van der Waals surface area contributed by atoms with Gasteiger partial charge in [-0.3, -0.25) is 4.18 Å². The van der Waals surface area contributed by atoms with E-state index in [1.165, 1.54) is 0 Å². The van der Waals surface area contributed by atoms with Gasteiger partial charge in [-0.1, -0.05) is 35.9 Å². The highest BCUT2D eigenvalue weighted by Gasteiger charge is 2.06. The fraction of sp³-hybridized carbons (Fsp3) is 0.143. The van der Waals surface area contributed by atoms with Crippen LogP contribution in [0.1, 0.15) is 11.1 Å². The van der Waals surface area contributed by atoms with Crippen molar-refractivity contribution in [1.29, 1.82) is 0 Å². The first kappa shape index (κ1) is 13.7. The SMILES string of the molecule is Cc1ccc(S(=O)OCc2ccccc2I)cc1. The Morgan fingerprint density at radius 3 is 2.44 bits per heavy atom. The summed E-state index contributed by atoms with van der Waals surface area (Å²) in [7, 11) is 0. The largest absolute Gasteiger partial charge is 0.282 e. The second kappa shape index (κ2) is 6.45. The third-order valence-corrected chi connectivity index (χ3v) is 4.53. The number of benzene rings is 2. The number of hydrogen-bond acceptors (Lipinski definition) is 2. The Hall–Kier alpha value is -0.720. The lowest BCUT2D eigenvalue weighted by molar-refractivity contribution is 0.336. The Bertz CT molecular complexity index is 552. The van der Waals surface area contributed by atoms with Gasteiger partial charge < -0.3 is 0 Å². The first-order valence-electron chi connectivity index (χ1n) is 5.52. The third kappa shape index (κ3) is 3.63. The van der Waals surface area contributed by atoms with Crippen molar-refractivity contribution < 1.29 is 8.39 Å². The van der Waals surface area contributed by atoms with E-state index in [0.29, 0.717) is 11.5 Å². The monoisotopic (exact) mass is 372 g/mol. The number of aryl methyl sites for hydroxylation is 1. The van der Waals surface area contributed by atoms with Crippen molar-refractivity contribution >= 4 is 33.7 Å². The maximum Gasteiger partial charge on any atom is 0.189 e. The molecule has 94 valence electrons. The van der Waals surface area contributed by atoms with Crippen molar-refractivity contribution in [2.45, 2.75) is 18.4 Å². The standard InChI is InChI=1S/C14H13IO2S/c1-11-6-8-13(9-7-11)18(16)17-10-12-4-2-3-5-14(12)15/h2-9H,10H2,1H3. The van der Waals surface area contributed by atoms with Gasteiger partial charge in [0.1, 0.15) is 0 Å². The zero-order chi connectivity index (χ0) is 13.0. The molecule has 0 aliphatic rings. The van der Waals surface area contributed by atoms with E-state index in [-0.39, 0.29) is 0 Å². The Morgan fingerprint density at radius 2 is 1.78 bits per heavy atom. The molecule has 0 amide bonds. The molecule has 4 heteroatoms. The molecule has 0 N–H and O–H groups in total. The summed E-state index contributed by atoms with van der Waals surface area (Å²) in [5.41, 5.74) is 2.20. The molecule has 0 spiro atoms. The molecule has 0 fully saturated rings. The van der Waals surface area contributed by atoms with Gasteiger partial charge in [-0.05, 0) is 53.3 Å². The van der Waals surface area contributed by atoms with Crippen LogP contribution < -0.4 is 0 Å². The van der Waals surface area contributed by atoms with E-state index < -0.39 is 11.1 Å². The average molecular weight is 372 g/mol. The summed E-state index contributed by atoms with van der Waals surface area (Å²) in [6, 6.07) is 15.5. The van der Waals surface area contributed by atoms with Crippen LogP contribution in [0.2, 0.25) is 0 Å². The molecule has 2 aromatic carbocycles. The van der Waals surface area contributed by atoms with Crippen molar-refractivity contribution in [3.63, 3.8) is 0 Å². The van der Waals surface area contributed by atoms with Crippen LogP contribution in [0.3, 0.4) is 0 Å². The lowest BCUT2D eigenvalue weighted by Gasteiger charge is -2.05. The summed E-state index contributed by atoms with van der Waals surface area (Å²) in [6.07, 6.45) is 0. The maximum absolute atomic E-state index is 11.9. The Kier molecular flexibility index (Phi) is 4.91. The molecule has 0 saturated heterocycles.